The Morgan fingerprint density at radius 3 is 2.47 bits per heavy atom. The molecule has 0 fully saturated rings. The molecule has 1 rings (SSSR count). The predicted octanol–water partition coefficient (Wildman–Crippen LogP) is 1.26. The molecular formula is C11H16N4O4. The minimum atomic E-state index is -1.02. The summed E-state index contributed by atoms with van der Waals surface area (Å²) in [6.07, 6.45) is 0. The fraction of sp³-hybridized carbons (Fsp3) is 0.455. The van der Waals surface area contributed by atoms with Gasteiger partial charge in [-0.1, -0.05) is 0 Å². The molecule has 0 radical (unpaired) electrons. The van der Waals surface area contributed by atoms with E-state index in [2.05, 4.69) is 4.98 Å². The van der Waals surface area contributed by atoms with Gasteiger partial charge in [-0.05, 0) is 26.8 Å². The summed E-state index contributed by atoms with van der Waals surface area (Å²) in [5.74, 6) is -0.964. The number of aliphatic carboxylic acids is 1. The van der Waals surface area contributed by atoms with Crippen LogP contribution < -0.4 is 10.6 Å². The fourth-order valence-corrected chi connectivity index (χ4v) is 1.56. The molecule has 0 unspecified atom stereocenters. The maximum absolute atomic E-state index is 10.9. The van der Waals surface area contributed by atoms with E-state index in [4.69, 9.17) is 10.8 Å². The number of rotatable bonds is 4. The van der Waals surface area contributed by atoms with Crippen molar-refractivity contribution in [1.82, 2.24) is 4.98 Å². The van der Waals surface area contributed by atoms with Crippen molar-refractivity contribution >= 4 is 23.3 Å². The van der Waals surface area contributed by atoms with E-state index < -0.39 is 16.4 Å². The molecule has 1 aromatic rings. The van der Waals surface area contributed by atoms with E-state index >= 15 is 0 Å². The molecule has 1 heterocycles. The van der Waals surface area contributed by atoms with Gasteiger partial charge >= 0.3 is 11.7 Å². The number of carbonyl (C=O) groups is 1. The van der Waals surface area contributed by atoms with Gasteiger partial charge in [0, 0.05) is 11.6 Å². The maximum atomic E-state index is 10.9. The van der Waals surface area contributed by atoms with Gasteiger partial charge in [-0.15, -0.1) is 0 Å². The number of nitrogens with two attached hydrogens (primary N) is 1. The second-order valence-corrected chi connectivity index (χ2v) is 4.98. The fourth-order valence-electron chi connectivity index (χ4n) is 1.56. The number of nitrogen functional groups attached to an aromatic ring is 1. The molecule has 8 nitrogen and oxygen atoms in total. The summed E-state index contributed by atoms with van der Waals surface area (Å²) in [5.41, 5.74) is 4.70. The van der Waals surface area contributed by atoms with Crippen molar-refractivity contribution in [2.45, 2.75) is 26.3 Å². The lowest BCUT2D eigenvalue weighted by Gasteiger charge is -2.35. The number of carboxylic acid groups (broad SMARTS) is 1. The highest BCUT2D eigenvalue weighted by Gasteiger charge is 2.26. The minimum Gasteiger partial charge on any atom is -0.480 e. The van der Waals surface area contributed by atoms with Crippen molar-refractivity contribution in [3.05, 3.63) is 22.2 Å². The number of carboxylic acids is 1. The summed E-state index contributed by atoms with van der Waals surface area (Å²) in [6.45, 7) is 5.17. The molecular weight excluding hydrogens is 252 g/mol. The lowest BCUT2D eigenvalue weighted by atomic mass is 10.1. The highest BCUT2D eigenvalue weighted by molar-refractivity contribution is 5.74. The number of nitro groups is 1. The Bertz CT molecular complexity index is 510. The zero-order chi connectivity index (χ0) is 14.8. The predicted molar refractivity (Wildman–Crippen MR) is 70.0 cm³/mol. The lowest BCUT2D eigenvalue weighted by molar-refractivity contribution is -0.384. The first-order chi connectivity index (χ1) is 8.62. The molecule has 0 atom stereocenters. The molecule has 0 amide bonds. The Morgan fingerprint density at radius 1 is 1.53 bits per heavy atom. The van der Waals surface area contributed by atoms with E-state index in [0.717, 1.165) is 0 Å². The average Bonchev–Trinajstić information content (AvgIpc) is 2.23. The number of hydrogen-bond donors (Lipinski definition) is 2. The first-order valence-electron chi connectivity index (χ1n) is 5.53. The molecule has 104 valence electrons. The summed E-state index contributed by atoms with van der Waals surface area (Å²) in [5, 5.41) is 19.6. The maximum Gasteiger partial charge on any atom is 0.323 e. The van der Waals surface area contributed by atoms with E-state index in [1.54, 1.807) is 0 Å². The van der Waals surface area contributed by atoms with E-state index in [0.29, 0.717) is 0 Å². The van der Waals surface area contributed by atoms with Crippen LogP contribution in [-0.2, 0) is 4.79 Å². The third-order valence-electron chi connectivity index (χ3n) is 2.46. The van der Waals surface area contributed by atoms with Crippen LogP contribution in [0.1, 0.15) is 20.8 Å². The van der Waals surface area contributed by atoms with Crippen molar-refractivity contribution in [2.24, 2.45) is 0 Å². The van der Waals surface area contributed by atoms with Gasteiger partial charge in [-0.25, -0.2) is 4.98 Å². The number of anilines is 2. The Balaban J connectivity index is 3.21. The summed E-state index contributed by atoms with van der Waals surface area (Å²) < 4.78 is 0. The molecule has 0 spiro atoms. The van der Waals surface area contributed by atoms with Crippen LogP contribution in [0.4, 0.5) is 17.3 Å². The monoisotopic (exact) mass is 268 g/mol. The van der Waals surface area contributed by atoms with Crippen LogP contribution in [0.15, 0.2) is 12.1 Å². The van der Waals surface area contributed by atoms with E-state index in [9.17, 15) is 14.9 Å². The topological polar surface area (TPSA) is 123 Å². The molecule has 0 bridgehead atoms. The highest BCUT2D eigenvalue weighted by Crippen LogP contribution is 2.27. The molecule has 0 aliphatic rings. The van der Waals surface area contributed by atoms with Gasteiger partial charge in [0.05, 0.1) is 4.92 Å². The molecule has 0 saturated carbocycles. The van der Waals surface area contributed by atoms with Crippen LogP contribution >= 0.6 is 0 Å². The third-order valence-corrected chi connectivity index (χ3v) is 2.46. The number of pyridine rings is 1. The molecule has 19 heavy (non-hydrogen) atoms. The molecule has 0 aliphatic carbocycles. The second kappa shape index (κ2) is 5.09. The first kappa shape index (κ1) is 14.7. The zero-order valence-electron chi connectivity index (χ0n) is 11.0. The van der Waals surface area contributed by atoms with Crippen molar-refractivity contribution < 1.29 is 14.8 Å². The molecule has 0 saturated heterocycles. The van der Waals surface area contributed by atoms with Gasteiger partial charge in [-0.2, -0.15) is 0 Å². The number of aromatic nitrogens is 1. The number of hydrogen-bond acceptors (Lipinski definition) is 6. The SMILES string of the molecule is CC(C)(C)N(CC(=O)O)c1ccc([N+](=O)[O-])c(N)n1. The van der Waals surface area contributed by atoms with Gasteiger partial charge in [-0.3, -0.25) is 14.9 Å². The van der Waals surface area contributed by atoms with Crippen molar-refractivity contribution in [1.29, 1.82) is 0 Å². The van der Waals surface area contributed by atoms with Gasteiger partial charge < -0.3 is 15.7 Å². The van der Waals surface area contributed by atoms with Gasteiger partial charge in [0.2, 0.25) is 5.82 Å². The highest BCUT2D eigenvalue weighted by atomic mass is 16.6. The van der Waals surface area contributed by atoms with Crippen molar-refractivity contribution in [3.63, 3.8) is 0 Å². The Morgan fingerprint density at radius 2 is 2.11 bits per heavy atom. The van der Waals surface area contributed by atoms with Crippen LogP contribution in [0.25, 0.3) is 0 Å². The van der Waals surface area contributed by atoms with E-state index in [1.165, 1.54) is 17.0 Å². The van der Waals surface area contributed by atoms with E-state index in [1.807, 2.05) is 20.8 Å². The Labute approximate surface area is 110 Å². The quantitative estimate of drug-likeness (QED) is 0.622. The Kier molecular flexibility index (Phi) is 3.93. The van der Waals surface area contributed by atoms with Crippen LogP contribution in [0.2, 0.25) is 0 Å². The van der Waals surface area contributed by atoms with Crippen LogP contribution in [-0.4, -0.2) is 33.1 Å². The lowest BCUT2D eigenvalue weighted by Crippen LogP contribution is -2.45. The van der Waals surface area contributed by atoms with Gasteiger partial charge in [0.25, 0.3) is 0 Å². The molecule has 3 N–H and O–H groups in total. The summed E-state index contributed by atoms with van der Waals surface area (Å²) in [7, 11) is 0. The van der Waals surface area contributed by atoms with Crippen LogP contribution in [0.3, 0.4) is 0 Å². The summed E-state index contributed by atoms with van der Waals surface area (Å²) in [4.78, 5) is 26.3. The second-order valence-electron chi connectivity index (χ2n) is 4.98. The molecule has 0 aromatic carbocycles. The first-order valence-corrected chi connectivity index (χ1v) is 5.53. The normalized spacial score (nSPS) is 11.1. The summed E-state index contributed by atoms with van der Waals surface area (Å²) in [6, 6.07) is 2.61. The third kappa shape index (κ3) is 3.54. The van der Waals surface area contributed by atoms with Crippen LogP contribution in [0.5, 0.6) is 0 Å². The van der Waals surface area contributed by atoms with Crippen LogP contribution in [0, 0.1) is 10.1 Å². The van der Waals surface area contributed by atoms with E-state index in [-0.39, 0.29) is 23.9 Å². The average molecular weight is 268 g/mol. The number of nitrogens with zero attached hydrogens (tertiary/aromatic N) is 3. The largest absolute Gasteiger partial charge is 0.480 e. The molecule has 8 heteroatoms. The minimum absolute atomic E-state index is 0.234. The van der Waals surface area contributed by atoms with Gasteiger partial charge in [0.15, 0.2) is 0 Å². The summed E-state index contributed by atoms with van der Waals surface area (Å²) >= 11 is 0. The zero-order valence-corrected chi connectivity index (χ0v) is 11.0. The molecule has 0 aliphatic heterocycles. The Hall–Kier alpha value is -2.38. The standard InChI is InChI=1S/C11H16N4O4/c1-11(2,3)14(6-9(16)17)8-5-4-7(15(18)19)10(12)13-8/h4-5H,6H2,1-3H3,(H2,12,13)(H,16,17). The molecule has 1 aromatic heterocycles. The van der Waals surface area contributed by atoms with Crippen molar-refractivity contribution in [2.75, 3.05) is 17.2 Å². The smallest absolute Gasteiger partial charge is 0.323 e. The van der Waals surface area contributed by atoms with Crippen molar-refractivity contribution in [3.8, 4) is 0 Å². The van der Waals surface area contributed by atoms with Gasteiger partial charge in [0.1, 0.15) is 12.4 Å².